The summed E-state index contributed by atoms with van der Waals surface area (Å²) in [6.45, 7) is 4.27. The van der Waals surface area contributed by atoms with Crippen LogP contribution in [-0.2, 0) is 4.74 Å². The number of hydrogen-bond acceptors (Lipinski definition) is 2. The molecule has 0 spiro atoms. The fourth-order valence-corrected chi connectivity index (χ4v) is 1.21. The van der Waals surface area contributed by atoms with Crippen molar-refractivity contribution in [3.63, 3.8) is 0 Å². The standard InChI is InChI=1S/C7H9NO/c1-5-6(2)8-3-4-9-7(5)8/h3-4,6H,1-2H3. The van der Waals surface area contributed by atoms with E-state index in [0.29, 0.717) is 6.04 Å². The van der Waals surface area contributed by atoms with Gasteiger partial charge in [0.25, 0.3) is 0 Å². The van der Waals surface area contributed by atoms with Gasteiger partial charge in [0.1, 0.15) is 6.26 Å². The van der Waals surface area contributed by atoms with Crippen LogP contribution >= 0.6 is 0 Å². The predicted octanol–water partition coefficient (Wildman–Crippen LogP) is 1.42. The van der Waals surface area contributed by atoms with E-state index in [9.17, 15) is 0 Å². The number of rotatable bonds is 0. The Kier molecular flexibility index (Phi) is 0.721. The molecule has 0 N–H and O–H groups in total. The highest BCUT2D eigenvalue weighted by Gasteiger charge is 2.33. The summed E-state index contributed by atoms with van der Waals surface area (Å²) >= 11 is 0. The largest absolute Gasteiger partial charge is 0.447 e. The average Bonchev–Trinajstić information content (AvgIpc) is 2.30. The summed E-state index contributed by atoms with van der Waals surface area (Å²) in [6, 6.07) is 0.554. The van der Waals surface area contributed by atoms with Gasteiger partial charge in [0.05, 0.1) is 6.04 Å². The molecule has 2 heterocycles. The molecule has 2 nitrogen and oxygen atoms in total. The van der Waals surface area contributed by atoms with E-state index in [2.05, 4.69) is 18.7 Å². The third-order valence-corrected chi connectivity index (χ3v) is 2.02. The van der Waals surface area contributed by atoms with E-state index in [0.717, 1.165) is 5.88 Å². The second kappa shape index (κ2) is 1.32. The molecule has 0 bridgehead atoms. The minimum Gasteiger partial charge on any atom is -0.447 e. The van der Waals surface area contributed by atoms with Crippen molar-refractivity contribution in [3.05, 3.63) is 23.9 Å². The Hall–Kier alpha value is -0.920. The maximum Gasteiger partial charge on any atom is 0.200 e. The molecular weight excluding hydrogens is 114 g/mol. The maximum atomic E-state index is 5.16. The minimum atomic E-state index is 0.554. The van der Waals surface area contributed by atoms with Crippen molar-refractivity contribution in [2.24, 2.45) is 0 Å². The predicted molar refractivity (Wildman–Crippen MR) is 34.2 cm³/mol. The molecule has 0 fully saturated rings. The first-order chi connectivity index (χ1) is 4.30. The van der Waals surface area contributed by atoms with Crippen LogP contribution in [0.25, 0.3) is 0 Å². The van der Waals surface area contributed by atoms with Crippen LogP contribution in [0.3, 0.4) is 0 Å². The van der Waals surface area contributed by atoms with Crippen LogP contribution in [0.1, 0.15) is 13.8 Å². The molecular formula is C7H9NO. The van der Waals surface area contributed by atoms with Crippen LogP contribution in [0.2, 0.25) is 0 Å². The Morgan fingerprint density at radius 1 is 1.67 bits per heavy atom. The Morgan fingerprint density at radius 3 is 3.11 bits per heavy atom. The van der Waals surface area contributed by atoms with Crippen LogP contribution in [0.15, 0.2) is 23.9 Å². The normalized spacial score (nSPS) is 30.0. The van der Waals surface area contributed by atoms with Gasteiger partial charge in [-0.3, -0.25) is 0 Å². The van der Waals surface area contributed by atoms with E-state index < -0.39 is 0 Å². The number of hydrogen-bond donors (Lipinski definition) is 0. The molecule has 0 aromatic rings. The first-order valence-electron chi connectivity index (χ1n) is 3.13. The van der Waals surface area contributed by atoms with Crippen LogP contribution in [0, 0.1) is 0 Å². The SMILES string of the molecule is CC1=C2OC=CN2C1C. The number of nitrogens with zero attached hydrogens (tertiary/aromatic N) is 1. The van der Waals surface area contributed by atoms with Gasteiger partial charge in [-0.25, -0.2) is 0 Å². The Morgan fingerprint density at radius 2 is 2.44 bits per heavy atom. The molecule has 0 aliphatic carbocycles. The van der Waals surface area contributed by atoms with E-state index in [-0.39, 0.29) is 0 Å². The molecule has 2 aliphatic rings. The molecule has 48 valence electrons. The van der Waals surface area contributed by atoms with Gasteiger partial charge in [0.2, 0.25) is 5.88 Å². The van der Waals surface area contributed by atoms with E-state index in [4.69, 9.17) is 4.74 Å². The second-order valence-electron chi connectivity index (χ2n) is 2.47. The smallest absolute Gasteiger partial charge is 0.200 e. The van der Waals surface area contributed by atoms with E-state index in [1.165, 1.54) is 5.57 Å². The van der Waals surface area contributed by atoms with E-state index >= 15 is 0 Å². The highest BCUT2D eigenvalue weighted by molar-refractivity contribution is 5.29. The van der Waals surface area contributed by atoms with Gasteiger partial charge in [-0.1, -0.05) is 0 Å². The van der Waals surface area contributed by atoms with Crippen LogP contribution in [0.5, 0.6) is 0 Å². The summed E-state index contributed by atoms with van der Waals surface area (Å²) in [5.41, 5.74) is 1.35. The van der Waals surface area contributed by atoms with E-state index in [1.54, 1.807) is 6.26 Å². The van der Waals surface area contributed by atoms with Crippen LogP contribution in [0.4, 0.5) is 0 Å². The van der Waals surface area contributed by atoms with Crippen molar-refractivity contribution in [1.29, 1.82) is 0 Å². The van der Waals surface area contributed by atoms with Gasteiger partial charge in [-0.15, -0.1) is 0 Å². The lowest BCUT2D eigenvalue weighted by Crippen LogP contribution is -2.37. The average molecular weight is 123 g/mol. The Bertz CT molecular complexity index is 205. The molecule has 0 saturated heterocycles. The first kappa shape index (κ1) is 4.91. The third kappa shape index (κ3) is 0.411. The molecule has 2 heteroatoms. The molecule has 0 aromatic carbocycles. The van der Waals surface area contributed by atoms with Gasteiger partial charge >= 0.3 is 0 Å². The molecule has 0 amide bonds. The van der Waals surface area contributed by atoms with Gasteiger partial charge in [-0.2, -0.15) is 0 Å². The van der Waals surface area contributed by atoms with Crippen LogP contribution < -0.4 is 0 Å². The summed E-state index contributed by atoms with van der Waals surface area (Å²) in [5, 5.41) is 0. The highest BCUT2D eigenvalue weighted by Crippen LogP contribution is 2.34. The highest BCUT2D eigenvalue weighted by atomic mass is 16.5. The Labute approximate surface area is 54.4 Å². The van der Waals surface area contributed by atoms with Gasteiger partial charge in [-0.05, 0) is 13.8 Å². The summed E-state index contributed by atoms with van der Waals surface area (Å²) in [4.78, 5) is 2.12. The lowest BCUT2D eigenvalue weighted by atomic mass is 10.0. The van der Waals surface area contributed by atoms with Gasteiger partial charge in [0.15, 0.2) is 0 Å². The van der Waals surface area contributed by atoms with Crippen molar-refractivity contribution in [2.75, 3.05) is 0 Å². The molecule has 1 unspecified atom stereocenters. The molecule has 9 heavy (non-hydrogen) atoms. The van der Waals surface area contributed by atoms with E-state index in [1.807, 2.05) is 6.20 Å². The quantitative estimate of drug-likeness (QED) is 0.483. The zero-order valence-corrected chi connectivity index (χ0v) is 5.59. The summed E-state index contributed by atoms with van der Waals surface area (Å²) in [7, 11) is 0. The molecule has 1 atom stereocenters. The third-order valence-electron chi connectivity index (χ3n) is 2.02. The molecule has 0 radical (unpaired) electrons. The topological polar surface area (TPSA) is 12.5 Å². The van der Waals surface area contributed by atoms with Crippen molar-refractivity contribution in [1.82, 2.24) is 4.90 Å². The fourth-order valence-electron chi connectivity index (χ4n) is 1.21. The van der Waals surface area contributed by atoms with Gasteiger partial charge < -0.3 is 9.64 Å². The molecule has 2 rings (SSSR count). The summed E-state index contributed by atoms with van der Waals surface area (Å²) in [5.74, 6) is 1.03. The van der Waals surface area contributed by atoms with Crippen molar-refractivity contribution in [2.45, 2.75) is 19.9 Å². The Balaban J connectivity index is 2.36. The lowest BCUT2D eigenvalue weighted by molar-refractivity contribution is 0.193. The van der Waals surface area contributed by atoms with Crippen LogP contribution in [-0.4, -0.2) is 10.9 Å². The monoisotopic (exact) mass is 123 g/mol. The number of ether oxygens (including phenoxy) is 1. The maximum absolute atomic E-state index is 5.16. The first-order valence-corrected chi connectivity index (χ1v) is 3.13. The summed E-state index contributed by atoms with van der Waals surface area (Å²) < 4.78 is 5.16. The molecule has 2 aliphatic heterocycles. The zero-order valence-electron chi connectivity index (χ0n) is 5.59. The minimum absolute atomic E-state index is 0.554. The van der Waals surface area contributed by atoms with Crippen molar-refractivity contribution in [3.8, 4) is 0 Å². The van der Waals surface area contributed by atoms with Crippen molar-refractivity contribution < 1.29 is 4.74 Å². The fraction of sp³-hybridized carbons (Fsp3) is 0.429. The molecule has 0 aromatic heterocycles. The van der Waals surface area contributed by atoms with Gasteiger partial charge in [0, 0.05) is 11.8 Å². The zero-order chi connectivity index (χ0) is 6.43. The lowest BCUT2D eigenvalue weighted by Gasteiger charge is -2.35. The number of fused-ring (bicyclic) bond motifs is 1. The summed E-state index contributed by atoms with van der Waals surface area (Å²) in [6.07, 6.45) is 3.69. The second-order valence-corrected chi connectivity index (χ2v) is 2.47. The van der Waals surface area contributed by atoms with Crippen molar-refractivity contribution >= 4 is 0 Å². The molecule has 0 saturated carbocycles.